The minimum Gasteiger partial charge on any atom is -0.491 e. The zero-order valence-corrected chi connectivity index (χ0v) is 15.8. The van der Waals surface area contributed by atoms with Crippen molar-refractivity contribution in [3.8, 4) is 5.75 Å². The molecule has 1 fully saturated rings. The minimum absolute atomic E-state index is 0.131. The molecule has 5 nitrogen and oxygen atoms in total. The molecule has 1 aliphatic rings. The Balaban J connectivity index is 1.37. The summed E-state index contributed by atoms with van der Waals surface area (Å²) in [7, 11) is 0. The first kappa shape index (κ1) is 17.3. The van der Waals surface area contributed by atoms with E-state index in [1.807, 2.05) is 46.8 Å². The van der Waals surface area contributed by atoms with Gasteiger partial charge in [-0.3, -0.25) is 9.78 Å². The van der Waals surface area contributed by atoms with Crippen LogP contribution in [0.25, 0.3) is 10.9 Å². The van der Waals surface area contributed by atoms with Gasteiger partial charge in [-0.05, 0) is 30.7 Å². The van der Waals surface area contributed by atoms with Gasteiger partial charge in [0, 0.05) is 41.9 Å². The highest BCUT2D eigenvalue weighted by molar-refractivity contribution is 8.01. The number of benzene rings is 1. The third-order valence-corrected chi connectivity index (χ3v) is 6.40. The van der Waals surface area contributed by atoms with Crippen molar-refractivity contribution in [3.63, 3.8) is 0 Å². The van der Waals surface area contributed by atoms with E-state index in [2.05, 4.69) is 9.97 Å². The fourth-order valence-electron chi connectivity index (χ4n) is 3.17. The Hall–Kier alpha value is -2.12. The standard InChI is InChI=1S/C19H19N3O2S2/c23-18-7-6-14(22(18)10-12-26-19-21-9-11-25-19)13-24-17-5-1-4-16-15(17)3-2-8-20-16/h1-5,8-9,11,14H,6-7,10,12-13H2/t14-/m1/s1. The van der Waals surface area contributed by atoms with Crippen molar-refractivity contribution in [3.05, 3.63) is 48.1 Å². The number of carbonyl (C=O) groups is 1. The Morgan fingerprint density at radius 1 is 1.23 bits per heavy atom. The molecule has 26 heavy (non-hydrogen) atoms. The monoisotopic (exact) mass is 385 g/mol. The van der Waals surface area contributed by atoms with Gasteiger partial charge in [0.05, 0.1) is 11.6 Å². The van der Waals surface area contributed by atoms with Crippen molar-refractivity contribution in [2.24, 2.45) is 0 Å². The third-order valence-electron chi connectivity index (χ3n) is 4.46. The topological polar surface area (TPSA) is 55.3 Å². The van der Waals surface area contributed by atoms with Crippen LogP contribution in [0.2, 0.25) is 0 Å². The Morgan fingerprint density at radius 2 is 2.19 bits per heavy atom. The Kier molecular flexibility index (Phi) is 5.36. The summed E-state index contributed by atoms with van der Waals surface area (Å²) in [5.74, 6) is 1.90. The first-order valence-corrected chi connectivity index (χ1v) is 10.5. The van der Waals surface area contributed by atoms with Crippen LogP contribution in [-0.2, 0) is 4.79 Å². The molecule has 3 aromatic rings. The summed E-state index contributed by atoms with van der Waals surface area (Å²) in [6.45, 7) is 1.25. The molecule has 0 aliphatic carbocycles. The number of likely N-dealkylation sites (tertiary alicyclic amines) is 1. The number of hydrogen-bond acceptors (Lipinski definition) is 6. The van der Waals surface area contributed by atoms with Crippen LogP contribution >= 0.6 is 23.1 Å². The molecule has 1 amide bonds. The van der Waals surface area contributed by atoms with Gasteiger partial charge in [0.1, 0.15) is 16.7 Å². The number of rotatable bonds is 7. The molecule has 0 N–H and O–H groups in total. The molecule has 0 unspecified atom stereocenters. The van der Waals surface area contributed by atoms with E-state index in [0.29, 0.717) is 13.0 Å². The lowest BCUT2D eigenvalue weighted by molar-refractivity contribution is -0.129. The number of nitrogens with zero attached hydrogens (tertiary/aromatic N) is 3. The number of thiazole rings is 1. The van der Waals surface area contributed by atoms with Crippen molar-refractivity contribution in [2.45, 2.75) is 23.2 Å². The second-order valence-corrected chi connectivity index (χ2v) is 8.30. The summed E-state index contributed by atoms with van der Waals surface area (Å²) in [5, 5.41) is 2.98. The fourth-order valence-corrected chi connectivity index (χ4v) is 4.82. The summed E-state index contributed by atoms with van der Waals surface area (Å²) in [6, 6.07) is 9.95. The molecule has 134 valence electrons. The molecule has 0 spiro atoms. The average Bonchev–Trinajstić information content (AvgIpc) is 3.31. The minimum atomic E-state index is 0.131. The van der Waals surface area contributed by atoms with E-state index in [4.69, 9.17) is 4.74 Å². The molecular weight excluding hydrogens is 366 g/mol. The first-order chi connectivity index (χ1) is 12.8. The van der Waals surface area contributed by atoms with Crippen LogP contribution < -0.4 is 4.74 Å². The van der Waals surface area contributed by atoms with Gasteiger partial charge in [0.2, 0.25) is 5.91 Å². The summed E-state index contributed by atoms with van der Waals surface area (Å²) in [4.78, 5) is 22.8. The summed E-state index contributed by atoms with van der Waals surface area (Å²) >= 11 is 3.33. The highest BCUT2D eigenvalue weighted by Crippen LogP contribution is 2.27. The molecule has 1 atom stereocenters. The SMILES string of the molecule is O=C1CC[C@H](COc2cccc3ncccc23)N1CCSc1nccs1. The van der Waals surface area contributed by atoms with Crippen LogP contribution in [0.15, 0.2) is 52.4 Å². The van der Waals surface area contributed by atoms with Crippen LogP contribution in [-0.4, -0.2) is 45.7 Å². The number of aromatic nitrogens is 2. The molecule has 1 aromatic carbocycles. The average molecular weight is 386 g/mol. The van der Waals surface area contributed by atoms with Crippen molar-refractivity contribution in [2.75, 3.05) is 18.9 Å². The smallest absolute Gasteiger partial charge is 0.223 e. The number of amides is 1. The van der Waals surface area contributed by atoms with Gasteiger partial charge in [-0.2, -0.15) is 0 Å². The number of fused-ring (bicyclic) bond motifs is 1. The van der Waals surface area contributed by atoms with E-state index in [1.165, 1.54) is 0 Å². The molecule has 3 heterocycles. The van der Waals surface area contributed by atoms with Gasteiger partial charge >= 0.3 is 0 Å². The maximum atomic E-state index is 12.2. The predicted molar refractivity (Wildman–Crippen MR) is 105 cm³/mol. The van der Waals surface area contributed by atoms with Crippen molar-refractivity contribution >= 4 is 39.9 Å². The van der Waals surface area contributed by atoms with E-state index in [-0.39, 0.29) is 11.9 Å². The molecule has 7 heteroatoms. The zero-order chi connectivity index (χ0) is 17.8. The van der Waals surface area contributed by atoms with Gasteiger partial charge in [-0.25, -0.2) is 4.98 Å². The second kappa shape index (κ2) is 8.05. The lowest BCUT2D eigenvalue weighted by atomic mass is 10.2. The molecular formula is C19H19N3O2S2. The normalized spacial score (nSPS) is 17.2. The maximum Gasteiger partial charge on any atom is 0.223 e. The van der Waals surface area contributed by atoms with Crippen molar-refractivity contribution in [1.29, 1.82) is 0 Å². The summed E-state index contributed by atoms with van der Waals surface area (Å²) in [5.41, 5.74) is 0.921. The largest absolute Gasteiger partial charge is 0.491 e. The van der Waals surface area contributed by atoms with Gasteiger partial charge in [0.15, 0.2) is 0 Å². The number of carbonyl (C=O) groups excluding carboxylic acids is 1. The van der Waals surface area contributed by atoms with Crippen molar-refractivity contribution < 1.29 is 9.53 Å². The quantitative estimate of drug-likeness (QED) is 0.578. The van der Waals surface area contributed by atoms with E-state index in [1.54, 1.807) is 29.3 Å². The number of ether oxygens (including phenoxy) is 1. The van der Waals surface area contributed by atoms with Crippen molar-refractivity contribution in [1.82, 2.24) is 14.9 Å². The number of thioether (sulfide) groups is 1. The van der Waals surface area contributed by atoms with Gasteiger partial charge in [0.25, 0.3) is 0 Å². The molecule has 0 radical (unpaired) electrons. The summed E-state index contributed by atoms with van der Waals surface area (Å²) in [6.07, 6.45) is 5.05. The van der Waals surface area contributed by atoms with Crippen LogP contribution in [0.1, 0.15) is 12.8 Å². The van der Waals surface area contributed by atoms with Crippen LogP contribution in [0.5, 0.6) is 5.75 Å². The number of hydrogen-bond donors (Lipinski definition) is 0. The lowest BCUT2D eigenvalue weighted by Gasteiger charge is -2.25. The predicted octanol–water partition coefficient (Wildman–Crippen LogP) is 3.85. The molecule has 4 rings (SSSR count). The van der Waals surface area contributed by atoms with E-state index in [0.717, 1.165) is 39.7 Å². The van der Waals surface area contributed by atoms with E-state index in [9.17, 15) is 4.79 Å². The first-order valence-electron chi connectivity index (χ1n) is 8.59. The highest BCUT2D eigenvalue weighted by atomic mass is 32.2. The molecule has 1 aliphatic heterocycles. The Labute approximate surface area is 160 Å². The molecule has 0 bridgehead atoms. The maximum absolute atomic E-state index is 12.2. The lowest BCUT2D eigenvalue weighted by Crippen LogP contribution is -2.38. The van der Waals surface area contributed by atoms with Crippen LogP contribution in [0.3, 0.4) is 0 Å². The van der Waals surface area contributed by atoms with E-state index < -0.39 is 0 Å². The van der Waals surface area contributed by atoms with Gasteiger partial charge in [-0.15, -0.1) is 11.3 Å². The summed E-state index contributed by atoms with van der Waals surface area (Å²) < 4.78 is 7.13. The molecule has 0 saturated carbocycles. The molecule has 2 aromatic heterocycles. The van der Waals surface area contributed by atoms with Crippen LogP contribution in [0.4, 0.5) is 0 Å². The van der Waals surface area contributed by atoms with Crippen LogP contribution in [0, 0.1) is 0 Å². The number of pyridine rings is 1. The molecule has 1 saturated heterocycles. The zero-order valence-electron chi connectivity index (χ0n) is 14.2. The van der Waals surface area contributed by atoms with Gasteiger partial charge in [-0.1, -0.05) is 17.8 Å². The Morgan fingerprint density at radius 3 is 3.08 bits per heavy atom. The third kappa shape index (κ3) is 3.83. The fraction of sp³-hybridized carbons (Fsp3) is 0.316. The Bertz CT molecular complexity index is 880. The van der Waals surface area contributed by atoms with E-state index >= 15 is 0 Å². The highest BCUT2D eigenvalue weighted by Gasteiger charge is 2.31. The second-order valence-electron chi connectivity index (χ2n) is 6.06. The van der Waals surface area contributed by atoms with Gasteiger partial charge < -0.3 is 9.64 Å².